The standard InChI is InChI=1S/C17H24S/c1-7-17(5,6)14-12-10-8-9-11-13(12)18-15(14)16(2,3)4/h8-11H,7H2,1-6H3. The summed E-state index contributed by atoms with van der Waals surface area (Å²) in [5.41, 5.74) is 2.05. The maximum atomic E-state index is 2.37. The van der Waals surface area contributed by atoms with Crippen LogP contribution in [0.1, 0.15) is 58.4 Å². The van der Waals surface area contributed by atoms with Crippen LogP contribution in [0, 0.1) is 0 Å². The number of thiophene rings is 1. The number of benzene rings is 1. The average molecular weight is 260 g/mol. The molecule has 0 amide bonds. The minimum atomic E-state index is 0.228. The van der Waals surface area contributed by atoms with Gasteiger partial charge >= 0.3 is 0 Å². The summed E-state index contributed by atoms with van der Waals surface area (Å²) in [4.78, 5) is 1.55. The van der Waals surface area contributed by atoms with Crippen molar-refractivity contribution in [1.29, 1.82) is 0 Å². The topological polar surface area (TPSA) is 0 Å². The first-order valence-electron chi connectivity index (χ1n) is 6.80. The maximum absolute atomic E-state index is 2.37. The molecule has 0 atom stereocenters. The molecule has 0 unspecified atom stereocenters. The van der Waals surface area contributed by atoms with Crippen LogP contribution in [0.2, 0.25) is 0 Å². The van der Waals surface area contributed by atoms with Gasteiger partial charge in [-0.15, -0.1) is 11.3 Å². The van der Waals surface area contributed by atoms with Gasteiger partial charge in [-0.2, -0.15) is 0 Å². The van der Waals surface area contributed by atoms with Crippen LogP contribution in [0.25, 0.3) is 10.1 Å². The van der Waals surface area contributed by atoms with Gasteiger partial charge in [0.2, 0.25) is 0 Å². The van der Waals surface area contributed by atoms with Gasteiger partial charge < -0.3 is 0 Å². The van der Waals surface area contributed by atoms with Gasteiger partial charge in [0.25, 0.3) is 0 Å². The highest BCUT2D eigenvalue weighted by Gasteiger charge is 2.31. The van der Waals surface area contributed by atoms with E-state index >= 15 is 0 Å². The monoisotopic (exact) mass is 260 g/mol. The quantitative estimate of drug-likeness (QED) is 0.632. The third-order valence-corrected chi connectivity index (χ3v) is 5.43. The SMILES string of the molecule is CCC(C)(C)c1c(C(C)(C)C)sc2ccccc12. The number of hydrogen-bond donors (Lipinski definition) is 0. The summed E-state index contributed by atoms with van der Waals surface area (Å²) < 4.78 is 1.43. The van der Waals surface area contributed by atoms with E-state index in [2.05, 4.69) is 65.8 Å². The first-order chi connectivity index (χ1) is 8.27. The molecule has 0 bridgehead atoms. The van der Waals surface area contributed by atoms with Crippen molar-refractivity contribution < 1.29 is 0 Å². The van der Waals surface area contributed by atoms with Crippen LogP contribution in [-0.4, -0.2) is 0 Å². The van der Waals surface area contributed by atoms with Crippen LogP contribution in [0.3, 0.4) is 0 Å². The lowest BCUT2D eigenvalue weighted by Gasteiger charge is -2.29. The molecule has 18 heavy (non-hydrogen) atoms. The highest BCUT2D eigenvalue weighted by Crippen LogP contribution is 2.45. The first-order valence-corrected chi connectivity index (χ1v) is 7.61. The Labute approximate surface area is 115 Å². The number of fused-ring (bicyclic) bond motifs is 1. The van der Waals surface area contributed by atoms with E-state index in [-0.39, 0.29) is 10.8 Å². The molecule has 0 radical (unpaired) electrons. The van der Waals surface area contributed by atoms with Crippen molar-refractivity contribution in [3.63, 3.8) is 0 Å². The van der Waals surface area contributed by atoms with Crippen LogP contribution in [0.4, 0.5) is 0 Å². The molecule has 2 aromatic rings. The van der Waals surface area contributed by atoms with E-state index in [1.807, 2.05) is 11.3 Å². The molecule has 0 aliphatic rings. The molecule has 2 rings (SSSR count). The molecule has 0 nitrogen and oxygen atoms in total. The summed E-state index contributed by atoms with van der Waals surface area (Å²) >= 11 is 1.97. The van der Waals surface area contributed by atoms with Crippen molar-refractivity contribution in [3.05, 3.63) is 34.7 Å². The molecule has 0 N–H and O–H groups in total. The Kier molecular flexibility index (Phi) is 3.31. The Hall–Kier alpha value is -0.820. The smallest absolute Gasteiger partial charge is 0.0348 e. The fourth-order valence-corrected chi connectivity index (χ4v) is 3.86. The molecule has 0 aliphatic heterocycles. The van der Waals surface area contributed by atoms with Crippen molar-refractivity contribution in [2.75, 3.05) is 0 Å². The number of hydrogen-bond acceptors (Lipinski definition) is 1. The molecule has 98 valence electrons. The van der Waals surface area contributed by atoms with E-state index in [4.69, 9.17) is 0 Å². The summed E-state index contributed by atoms with van der Waals surface area (Å²) in [6.07, 6.45) is 1.18. The second-order valence-corrected chi connectivity index (χ2v) is 7.84. The Morgan fingerprint density at radius 2 is 1.61 bits per heavy atom. The van der Waals surface area contributed by atoms with Gasteiger partial charge in [-0.1, -0.05) is 59.7 Å². The van der Waals surface area contributed by atoms with Crippen LogP contribution in [-0.2, 0) is 10.8 Å². The minimum absolute atomic E-state index is 0.228. The maximum Gasteiger partial charge on any atom is 0.0348 e. The van der Waals surface area contributed by atoms with Crippen molar-refractivity contribution in [2.45, 2.75) is 58.8 Å². The predicted octanol–water partition coefficient (Wildman–Crippen LogP) is 5.89. The van der Waals surface area contributed by atoms with E-state index in [1.54, 1.807) is 10.4 Å². The number of rotatable bonds is 2. The first kappa shape index (κ1) is 13.6. The van der Waals surface area contributed by atoms with Gasteiger partial charge in [0, 0.05) is 9.58 Å². The van der Waals surface area contributed by atoms with Crippen molar-refractivity contribution in [2.24, 2.45) is 0 Å². The van der Waals surface area contributed by atoms with E-state index in [0.717, 1.165) is 0 Å². The molecular weight excluding hydrogens is 236 g/mol. The van der Waals surface area contributed by atoms with Crippen molar-refractivity contribution >= 4 is 21.4 Å². The van der Waals surface area contributed by atoms with Gasteiger partial charge in [0.05, 0.1) is 0 Å². The lowest BCUT2D eigenvalue weighted by molar-refractivity contribution is 0.490. The van der Waals surface area contributed by atoms with Crippen molar-refractivity contribution in [1.82, 2.24) is 0 Å². The van der Waals surface area contributed by atoms with E-state index in [1.165, 1.54) is 16.5 Å². The largest absolute Gasteiger partial charge is 0.139 e. The van der Waals surface area contributed by atoms with E-state index < -0.39 is 0 Å². The zero-order chi connectivity index (χ0) is 13.6. The molecule has 0 spiro atoms. The molecule has 0 saturated carbocycles. The zero-order valence-electron chi connectivity index (χ0n) is 12.4. The Bertz CT molecular complexity index is 552. The summed E-state index contributed by atoms with van der Waals surface area (Å²) in [6.45, 7) is 14.0. The van der Waals surface area contributed by atoms with Crippen LogP contribution < -0.4 is 0 Å². The minimum Gasteiger partial charge on any atom is -0.139 e. The molecule has 0 fully saturated rings. The normalized spacial score (nSPS) is 13.2. The predicted molar refractivity (Wildman–Crippen MR) is 83.8 cm³/mol. The summed E-state index contributed by atoms with van der Waals surface area (Å²) in [7, 11) is 0. The molecule has 0 aliphatic carbocycles. The third kappa shape index (κ3) is 2.21. The highest BCUT2D eigenvalue weighted by molar-refractivity contribution is 7.19. The second kappa shape index (κ2) is 4.38. The molecule has 1 aromatic carbocycles. The highest BCUT2D eigenvalue weighted by atomic mass is 32.1. The zero-order valence-corrected chi connectivity index (χ0v) is 13.2. The molecule has 1 heteroatoms. The Balaban J connectivity index is 2.82. The van der Waals surface area contributed by atoms with E-state index in [0.29, 0.717) is 0 Å². The van der Waals surface area contributed by atoms with E-state index in [9.17, 15) is 0 Å². The van der Waals surface area contributed by atoms with Gasteiger partial charge in [0.15, 0.2) is 0 Å². The summed E-state index contributed by atoms with van der Waals surface area (Å²) in [5, 5.41) is 1.46. The van der Waals surface area contributed by atoms with Crippen LogP contribution in [0.15, 0.2) is 24.3 Å². The van der Waals surface area contributed by atoms with Gasteiger partial charge in [-0.3, -0.25) is 0 Å². The fraction of sp³-hybridized carbons (Fsp3) is 0.529. The lowest BCUT2D eigenvalue weighted by Crippen LogP contribution is -2.21. The molecule has 0 saturated heterocycles. The summed E-state index contributed by atoms with van der Waals surface area (Å²) in [6, 6.07) is 8.85. The van der Waals surface area contributed by atoms with Gasteiger partial charge in [0.1, 0.15) is 0 Å². The second-order valence-electron chi connectivity index (χ2n) is 6.79. The Morgan fingerprint density at radius 1 is 1.00 bits per heavy atom. The van der Waals surface area contributed by atoms with Crippen LogP contribution >= 0.6 is 11.3 Å². The van der Waals surface area contributed by atoms with Crippen molar-refractivity contribution in [3.8, 4) is 0 Å². The molecule has 1 aromatic heterocycles. The fourth-order valence-electron chi connectivity index (χ4n) is 2.42. The molecule has 1 heterocycles. The average Bonchev–Trinajstić information content (AvgIpc) is 2.68. The third-order valence-electron chi connectivity index (χ3n) is 3.84. The Morgan fingerprint density at radius 3 is 2.17 bits per heavy atom. The van der Waals surface area contributed by atoms with Crippen LogP contribution in [0.5, 0.6) is 0 Å². The lowest BCUT2D eigenvalue weighted by atomic mass is 9.76. The molecular formula is C17H24S. The van der Waals surface area contributed by atoms with Gasteiger partial charge in [-0.25, -0.2) is 0 Å². The summed E-state index contributed by atoms with van der Waals surface area (Å²) in [5.74, 6) is 0. The van der Waals surface area contributed by atoms with Gasteiger partial charge in [-0.05, 0) is 34.3 Å².